The molecule has 0 amide bonds. The highest BCUT2D eigenvalue weighted by molar-refractivity contribution is 6.53. The van der Waals surface area contributed by atoms with E-state index in [1.807, 2.05) is 0 Å². The van der Waals surface area contributed by atoms with Crippen LogP contribution in [0.3, 0.4) is 0 Å². The van der Waals surface area contributed by atoms with Gasteiger partial charge < -0.3 is 9.47 Å². The molecule has 0 saturated carbocycles. The smallest absolute Gasteiger partial charge is 0.183 e. The second kappa shape index (κ2) is 7.15. The predicted octanol–water partition coefficient (Wildman–Crippen LogP) is 5.43. The number of ether oxygens (including phenoxy) is 2. The first-order chi connectivity index (χ1) is 8.54. The minimum atomic E-state index is 0.119. The van der Waals surface area contributed by atoms with E-state index in [1.54, 1.807) is 12.2 Å². The third-order valence-corrected chi connectivity index (χ3v) is 3.64. The second-order valence-corrected chi connectivity index (χ2v) is 4.63. The molecule has 0 bridgehead atoms. The summed E-state index contributed by atoms with van der Waals surface area (Å²) >= 11 is 24.0. The zero-order chi connectivity index (χ0) is 13.7. The zero-order valence-electron chi connectivity index (χ0n) is 9.31. The van der Waals surface area contributed by atoms with Crippen molar-refractivity contribution >= 4 is 46.4 Å². The molecule has 0 aliphatic rings. The first-order valence-corrected chi connectivity index (χ1v) is 6.39. The Morgan fingerprint density at radius 3 is 1.33 bits per heavy atom. The fourth-order valence-corrected chi connectivity index (χ4v) is 2.06. The topological polar surface area (TPSA) is 18.5 Å². The molecule has 0 heterocycles. The Balaban J connectivity index is 3.32. The third-order valence-electron chi connectivity index (χ3n) is 1.87. The van der Waals surface area contributed by atoms with Gasteiger partial charge in [0.25, 0.3) is 0 Å². The van der Waals surface area contributed by atoms with Crippen molar-refractivity contribution in [2.75, 3.05) is 13.2 Å². The van der Waals surface area contributed by atoms with Crippen LogP contribution in [0.5, 0.6) is 11.5 Å². The van der Waals surface area contributed by atoms with Crippen LogP contribution in [-0.2, 0) is 0 Å². The largest absolute Gasteiger partial charge is 0.484 e. The van der Waals surface area contributed by atoms with Crippen LogP contribution in [0.25, 0.3) is 0 Å². The molecular weight excluding hydrogens is 318 g/mol. The maximum absolute atomic E-state index is 6.05. The van der Waals surface area contributed by atoms with Crippen LogP contribution < -0.4 is 9.47 Å². The molecule has 0 spiro atoms. The van der Waals surface area contributed by atoms with Gasteiger partial charge >= 0.3 is 0 Å². The monoisotopic (exact) mass is 326 g/mol. The Morgan fingerprint density at radius 2 is 1.06 bits per heavy atom. The first kappa shape index (κ1) is 15.5. The molecule has 0 aromatic heterocycles. The lowest BCUT2D eigenvalue weighted by Gasteiger charge is -2.16. The van der Waals surface area contributed by atoms with Crippen LogP contribution >= 0.6 is 46.4 Å². The van der Waals surface area contributed by atoms with Crippen LogP contribution in [0.1, 0.15) is 0 Å². The molecule has 18 heavy (non-hydrogen) atoms. The van der Waals surface area contributed by atoms with E-state index in [4.69, 9.17) is 55.9 Å². The van der Waals surface area contributed by atoms with Crippen molar-refractivity contribution in [3.63, 3.8) is 0 Å². The van der Waals surface area contributed by atoms with Crippen molar-refractivity contribution in [3.8, 4) is 11.5 Å². The molecule has 0 N–H and O–H groups in total. The van der Waals surface area contributed by atoms with Crippen molar-refractivity contribution < 1.29 is 9.47 Å². The molecule has 0 unspecified atom stereocenters. The summed E-state index contributed by atoms with van der Waals surface area (Å²) in [5.74, 6) is 0.468. The fourth-order valence-electron chi connectivity index (χ4n) is 1.13. The number of benzene rings is 1. The van der Waals surface area contributed by atoms with Gasteiger partial charge in [-0.15, -0.1) is 0 Å². The lowest BCUT2D eigenvalue weighted by Crippen LogP contribution is -2.01. The molecule has 6 heteroatoms. The van der Waals surface area contributed by atoms with Gasteiger partial charge in [-0.2, -0.15) is 0 Å². The standard InChI is InChI=1S/C12H10Cl4O2/c1-3-5-17-11-9(15)7(13)8(14)10(16)12(11)18-6-4-2/h3-4H,1-2,5-6H2. The molecule has 1 rings (SSSR count). The number of hydrogen-bond acceptors (Lipinski definition) is 2. The molecule has 0 aliphatic heterocycles. The molecule has 2 nitrogen and oxygen atoms in total. The molecule has 0 saturated heterocycles. The van der Waals surface area contributed by atoms with Gasteiger partial charge in [0.05, 0.1) is 10.0 Å². The summed E-state index contributed by atoms with van der Waals surface area (Å²) in [5.41, 5.74) is 0. The molecule has 1 aromatic rings. The van der Waals surface area contributed by atoms with Crippen LogP contribution in [0.2, 0.25) is 20.1 Å². The highest BCUT2D eigenvalue weighted by atomic mass is 35.5. The summed E-state index contributed by atoms with van der Waals surface area (Å²) in [5, 5.41) is 0.528. The van der Waals surface area contributed by atoms with Gasteiger partial charge in [0.1, 0.15) is 23.3 Å². The fraction of sp³-hybridized carbons (Fsp3) is 0.167. The normalized spacial score (nSPS) is 10.0. The van der Waals surface area contributed by atoms with E-state index in [2.05, 4.69) is 13.2 Å². The minimum absolute atomic E-state index is 0.119. The van der Waals surface area contributed by atoms with Crippen molar-refractivity contribution in [3.05, 3.63) is 45.4 Å². The van der Waals surface area contributed by atoms with Crippen LogP contribution in [0.15, 0.2) is 25.3 Å². The Bertz CT molecular complexity index is 429. The lowest BCUT2D eigenvalue weighted by atomic mass is 10.3. The molecule has 0 radical (unpaired) electrons. The van der Waals surface area contributed by atoms with E-state index in [-0.39, 0.29) is 44.8 Å². The van der Waals surface area contributed by atoms with E-state index >= 15 is 0 Å². The Labute approximate surface area is 126 Å². The summed E-state index contributed by atoms with van der Waals surface area (Å²) in [6.07, 6.45) is 3.12. The highest BCUT2D eigenvalue weighted by Crippen LogP contribution is 2.50. The minimum Gasteiger partial charge on any atom is -0.484 e. The Hall–Kier alpha value is -0.540. The van der Waals surface area contributed by atoms with Crippen LogP contribution in [0, 0.1) is 0 Å². The Kier molecular flexibility index (Phi) is 6.16. The lowest BCUT2D eigenvalue weighted by molar-refractivity contribution is 0.308. The van der Waals surface area contributed by atoms with Gasteiger partial charge in [-0.05, 0) is 0 Å². The van der Waals surface area contributed by atoms with Gasteiger partial charge in [0.15, 0.2) is 11.5 Å². The predicted molar refractivity (Wildman–Crippen MR) is 77.9 cm³/mol. The van der Waals surface area contributed by atoms with Gasteiger partial charge in [-0.1, -0.05) is 71.7 Å². The average molecular weight is 328 g/mol. The van der Waals surface area contributed by atoms with E-state index in [0.29, 0.717) is 0 Å². The maximum Gasteiger partial charge on any atom is 0.183 e. The van der Waals surface area contributed by atoms with Crippen molar-refractivity contribution in [1.82, 2.24) is 0 Å². The van der Waals surface area contributed by atoms with E-state index < -0.39 is 0 Å². The van der Waals surface area contributed by atoms with E-state index in [1.165, 1.54) is 0 Å². The molecule has 0 atom stereocenters. The summed E-state index contributed by atoms with van der Waals surface area (Å²) in [7, 11) is 0. The Morgan fingerprint density at radius 1 is 0.722 bits per heavy atom. The highest BCUT2D eigenvalue weighted by Gasteiger charge is 2.22. The summed E-state index contributed by atoms with van der Waals surface area (Å²) in [6.45, 7) is 7.55. The van der Waals surface area contributed by atoms with Gasteiger partial charge in [-0.25, -0.2) is 0 Å². The molecule has 0 aliphatic carbocycles. The second-order valence-electron chi connectivity index (χ2n) is 3.11. The number of hydrogen-bond donors (Lipinski definition) is 0. The number of rotatable bonds is 6. The molecule has 1 aromatic carbocycles. The molecule has 98 valence electrons. The van der Waals surface area contributed by atoms with Crippen molar-refractivity contribution in [2.45, 2.75) is 0 Å². The van der Waals surface area contributed by atoms with Gasteiger partial charge in [-0.3, -0.25) is 0 Å². The van der Waals surface area contributed by atoms with Gasteiger partial charge in [0, 0.05) is 0 Å². The zero-order valence-corrected chi connectivity index (χ0v) is 12.3. The maximum atomic E-state index is 6.05. The quantitative estimate of drug-likeness (QED) is 0.394. The summed E-state index contributed by atoms with van der Waals surface area (Å²) in [4.78, 5) is 0. The van der Waals surface area contributed by atoms with Crippen LogP contribution in [-0.4, -0.2) is 13.2 Å². The van der Waals surface area contributed by atoms with Gasteiger partial charge in [0.2, 0.25) is 0 Å². The molecular formula is C12H10Cl4O2. The first-order valence-electron chi connectivity index (χ1n) is 4.87. The average Bonchev–Trinajstić information content (AvgIpc) is 2.38. The molecule has 0 fully saturated rings. The third kappa shape index (κ3) is 3.27. The summed E-state index contributed by atoms with van der Waals surface area (Å²) < 4.78 is 10.8. The summed E-state index contributed by atoms with van der Waals surface area (Å²) in [6, 6.07) is 0. The van der Waals surface area contributed by atoms with Crippen molar-refractivity contribution in [2.24, 2.45) is 0 Å². The number of halogens is 4. The SMILES string of the molecule is C=CCOc1c(Cl)c(Cl)c(Cl)c(Cl)c1OCC=C. The van der Waals surface area contributed by atoms with E-state index in [9.17, 15) is 0 Å². The van der Waals surface area contributed by atoms with Crippen molar-refractivity contribution in [1.29, 1.82) is 0 Å². The van der Waals surface area contributed by atoms with Crippen LogP contribution in [0.4, 0.5) is 0 Å². The van der Waals surface area contributed by atoms with E-state index in [0.717, 1.165) is 0 Å².